The first-order chi connectivity index (χ1) is 23.1. The van der Waals surface area contributed by atoms with Crippen LogP contribution in [0.2, 0.25) is 4.34 Å². The number of carbonyl (C=O) groups excluding carboxylic acids is 5. The molecule has 2 fully saturated rings. The van der Waals surface area contributed by atoms with Gasteiger partial charge < -0.3 is 25.4 Å². The van der Waals surface area contributed by atoms with Crippen LogP contribution in [0.5, 0.6) is 0 Å². The molecule has 2 aliphatic rings. The van der Waals surface area contributed by atoms with Crippen molar-refractivity contribution in [3.05, 3.63) is 81.3 Å². The average molecular weight is 702 g/mol. The first-order valence-electron chi connectivity index (χ1n) is 15.3. The van der Waals surface area contributed by atoms with Crippen molar-refractivity contribution in [3.63, 3.8) is 0 Å². The second-order valence-electron chi connectivity index (χ2n) is 10.9. The van der Waals surface area contributed by atoms with Gasteiger partial charge in [-0.25, -0.2) is 9.18 Å². The van der Waals surface area contributed by atoms with Crippen LogP contribution >= 0.6 is 22.9 Å². The van der Waals surface area contributed by atoms with Crippen molar-refractivity contribution >= 4 is 64.0 Å². The number of nitrogens with two attached hydrogens (primary N) is 1. The van der Waals surface area contributed by atoms with Crippen molar-refractivity contribution < 1.29 is 37.8 Å². The molecule has 3 heterocycles. The number of carbonyl (C=O) groups is 5. The summed E-state index contributed by atoms with van der Waals surface area (Å²) in [7, 11) is 0. The number of halogens is 2. The number of amides is 5. The van der Waals surface area contributed by atoms with E-state index in [4.69, 9.17) is 26.8 Å². The number of nitrogens with zero attached hydrogens (tertiary/aromatic N) is 3. The number of benzene rings is 2. The Balaban J connectivity index is 0.000000659. The molecule has 1 atom stereocenters. The van der Waals surface area contributed by atoms with E-state index in [0.717, 1.165) is 27.2 Å². The highest BCUT2D eigenvalue weighted by molar-refractivity contribution is 7.18. The molecule has 2 saturated heterocycles. The highest BCUT2D eigenvalue weighted by Gasteiger charge is 2.38. The molecule has 1 aromatic heterocycles. The number of nitrogens with one attached hydrogen (secondary N) is 1. The van der Waals surface area contributed by atoms with Crippen molar-refractivity contribution in [2.75, 3.05) is 55.7 Å². The standard InChI is InChI=1S/C26H29ClFN5O7S.C7H8/c27-21-7-6-20(41-21)25(37)33(23(35)3-1-2-8-30-22(34)12-29)14-17-13-32(26(38)40-17)19-5-4-16(11-18(19)28)31-9-10-39-15-24(31)36;1-7-5-3-2-4-6-7/h4-7,11,17H,1-3,8-10,12-15,29H2,(H,30,34);2-6H,1H3/t17-;/m1./s1. The maximum absolute atomic E-state index is 15.1. The summed E-state index contributed by atoms with van der Waals surface area (Å²) in [6.45, 7) is 2.42. The Kier molecular flexibility index (Phi) is 13.4. The van der Waals surface area contributed by atoms with Crippen molar-refractivity contribution in [1.82, 2.24) is 10.2 Å². The van der Waals surface area contributed by atoms with Gasteiger partial charge in [-0.15, -0.1) is 11.3 Å². The second-order valence-corrected chi connectivity index (χ2v) is 12.6. The first-order valence-corrected chi connectivity index (χ1v) is 16.5. The van der Waals surface area contributed by atoms with Gasteiger partial charge in [0.15, 0.2) is 0 Å². The van der Waals surface area contributed by atoms with E-state index < -0.39 is 29.8 Å². The molecule has 256 valence electrons. The van der Waals surface area contributed by atoms with Gasteiger partial charge in [0, 0.05) is 25.2 Å². The Morgan fingerprint density at radius 1 is 1.08 bits per heavy atom. The number of hydrogen-bond donors (Lipinski definition) is 2. The zero-order chi connectivity index (χ0) is 34.6. The van der Waals surface area contributed by atoms with Crippen LogP contribution < -0.4 is 20.9 Å². The Morgan fingerprint density at radius 3 is 2.48 bits per heavy atom. The largest absolute Gasteiger partial charge is 0.442 e. The minimum atomic E-state index is -0.922. The molecule has 2 aliphatic heterocycles. The van der Waals surface area contributed by atoms with Crippen LogP contribution in [0.25, 0.3) is 0 Å². The number of thiophene rings is 1. The van der Waals surface area contributed by atoms with Crippen molar-refractivity contribution in [3.8, 4) is 0 Å². The van der Waals surface area contributed by atoms with Crippen LogP contribution in [0, 0.1) is 12.7 Å². The van der Waals surface area contributed by atoms with Gasteiger partial charge in [-0.05, 0) is 50.1 Å². The molecule has 0 bridgehead atoms. The fraction of sp³-hybridized carbons (Fsp3) is 0.364. The van der Waals surface area contributed by atoms with Crippen LogP contribution in [0.1, 0.15) is 34.5 Å². The number of aryl methyl sites for hydroxylation is 1. The third-order valence-electron chi connectivity index (χ3n) is 7.38. The van der Waals surface area contributed by atoms with Crippen LogP contribution in [0.3, 0.4) is 0 Å². The number of ether oxygens (including phenoxy) is 2. The molecule has 5 amide bonds. The summed E-state index contributed by atoms with van der Waals surface area (Å²) in [4.78, 5) is 66.2. The molecule has 0 radical (unpaired) electrons. The van der Waals surface area contributed by atoms with Crippen molar-refractivity contribution in [1.29, 1.82) is 0 Å². The van der Waals surface area contributed by atoms with E-state index in [1.54, 1.807) is 0 Å². The number of morpholine rings is 1. The molecule has 0 saturated carbocycles. The lowest BCUT2D eigenvalue weighted by Gasteiger charge is -2.27. The number of unbranched alkanes of at least 4 members (excludes halogenated alkanes) is 1. The normalized spacial score (nSPS) is 15.8. The molecule has 0 spiro atoms. The number of hydrogen-bond acceptors (Lipinski definition) is 9. The Morgan fingerprint density at radius 2 is 1.85 bits per heavy atom. The van der Waals surface area contributed by atoms with Crippen LogP contribution in [0.15, 0.2) is 60.7 Å². The van der Waals surface area contributed by atoms with Crippen molar-refractivity contribution in [2.45, 2.75) is 32.3 Å². The molecular formula is C33H37ClFN5O7S. The number of cyclic esters (lactones) is 1. The molecule has 3 aromatic rings. The smallest absolute Gasteiger partial charge is 0.414 e. The SMILES string of the molecule is Cc1ccccc1.NCC(=O)NCCCCC(=O)N(C[C@H]1CN(c2ccc(N3CCOCC3=O)cc2F)C(=O)O1)C(=O)c1ccc(Cl)s1. The van der Waals surface area contributed by atoms with E-state index in [0.29, 0.717) is 36.0 Å². The van der Waals surface area contributed by atoms with Gasteiger partial charge in [-0.2, -0.15) is 0 Å². The molecule has 5 rings (SSSR count). The lowest BCUT2D eigenvalue weighted by Crippen LogP contribution is -2.43. The summed E-state index contributed by atoms with van der Waals surface area (Å²) >= 11 is 6.99. The van der Waals surface area contributed by atoms with Crippen LogP contribution in [-0.2, 0) is 23.9 Å². The summed E-state index contributed by atoms with van der Waals surface area (Å²) < 4.78 is 26.0. The summed E-state index contributed by atoms with van der Waals surface area (Å²) in [5, 5.41) is 2.61. The lowest BCUT2D eigenvalue weighted by molar-refractivity contribution is -0.129. The Bertz CT molecular complexity index is 1610. The van der Waals surface area contributed by atoms with E-state index in [9.17, 15) is 24.0 Å². The number of anilines is 2. The number of imide groups is 1. The molecular weight excluding hydrogens is 665 g/mol. The Hall–Kier alpha value is -4.37. The van der Waals surface area contributed by atoms with Gasteiger partial charge in [0.25, 0.3) is 11.8 Å². The lowest BCUT2D eigenvalue weighted by atomic mass is 10.2. The number of rotatable bonds is 11. The van der Waals surface area contributed by atoms with E-state index >= 15 is 4.39 Å². The van der Waals surface area contributed by atoms with Gasteiger partial charge in [0.05, 0.1) is 41.1 Å². The van der Waals surface area contributed by atoms with E-state index in [-0.39, 0.29) is 61.6 Å². The third kappa shape index (κ3) is 10.1. The molecule has 0 unspecified atom stereocenters. The zero-order valence-electron chi connectivity index (χ0n) is 26.4. The minimum Gasteiger partial charge on any atom is -0.442 e. The quantitative estimate of drug-likeness (QED) is 0.283. The van der Waals surface area contributed by atoms with Gasteiger partial charge in [0.1, 0.15) is 18.5 Å². The van der Waals surface area contributed by atoms with Gasteiger partial charge in [-0.3, -0.25) is 29.0 Å². The van der Waals surface area contributed by atoms with E-state index in [2.05, 4.69) is 24.4 Å². The minimum absolute atomic E-state index is 0.00404. The van der Waals surface area contributed by atoms with Gasteiger partial charge >= 0.3 is 6.09 Å². The molecule has 12 nitrogen and oxygen atoms in total. The van der Waals surface area contributed by atoms with Crippen LogP contribution in [0.4, 0.5) is 20.6 Å². The van der Waals surface area contributed by atoms with Crippen molar-refractivity contribution in [2.24, 2.45) is 5.73 Å². The first kappa shape index (κ1) is 36.5. The molecule has 3 N–H and O–H groups in total. The highest BCUT2D eigenvalue weighted by atomic mass is 35.5. The maximum Gasteiger partial charge on any atom is 0.414 e. The molecule has 48 heavy (non-hydrogen) atoms. The van der Waals surface area contributed by atoms with E-state index in [1.807, 2.05) is 18.2 Å². The predicted octanol–water partition coefficient (Wildman–Crippen LogP) is 4.14. The fourth-order valence-electron chi connectivity index (χ4n) is 4.92. The summed E-state index contributed by atoms with van der Waals surface area (Å²) in [5.74, 6) is -2.44. The molecule has 2 aromatic carbocycles. The zero-order valence-corrected chi connectivity index (χ0v) is 27.9. The Labute approximate surface area is 286 Å². The molecule has 15 heteroatoms. The topological polar surface area (TPSA) is 152 Å². The predicted molar refractivity (Wildman–Crippen MR) is 180 cm³/mol. The molecule has 0 aliphatic carbocycles. The summed E-state index contributed by atoms with van der Waals surface area (Å²) in [6, 6.07) is 17.4. The highest BCUT2D eigenvalue weighted by Crippen LogP contribution is 2.30. The fourth-order valence-corrected chi connectivity index (χ4v) is 5.91. The van der Waals surface area contributed by atoms with Gasteiger partial charge in [0.2, 0.25) is 11.8 Å². The van der Waals surface area contributed by atoms with Crippen LogP contribution in [-0.4, -0.2) is 86.7 Å². The maximum atomic E-state index is 15.1. The monoisotopic (exact) mass is 701 g/mol. The summed E-state index contributed by atoms with van der Waals surface area (Å²) in [6.07, 6.45) is -0.877. The average Bonchev–Trinajstić information content (AvgIpc) is 3.68. The van der Waals surface area contributed by atoms with Gasteiger partial charge in [-0.1, -0.05) is 47.5 Å². The second kappa shape index (κ2) is 17.7. The van der Waals surface area contributed by atoms with E-state index in [1.165, 1.54) is 34.7 Å². The third-order valence-corrected chi connectivity index (χ3v) is 8.59. The summed E-state index contributed by atoms with van der Waals surface area (Å²) in [5.41, 5.74) is 6.85.